The van der Waals surface area contributed by atoms with Crippen molar-refractivity contribution in [2.45, 2.75) is 22.9 Å². The van der Waals surface area contributed by atoms with Crippen molar-refractivity contribution in [3.8, 4) is 0 Å². The standard InChI is InChI=1S/C14H15N5O4S/c20-19(21)10-1-3-11(4-2-10)24(22,23)17-12-7-14(8-15-9-14)18-6-5-16-13(12)18/h1-6,12,15,17H,7-9H2. The summed E-state index contributed by atoms with van der Waals surface area (Å²) in [4.78, 5) is 14.4. The zero-order chi connectivity index (χ0) is 16.9. The molecule has 1 spiro atoms. The minimum atomic E-state index is -3.79. The number of aromatic nitrogens is 2. The summed E-state index contributed by atoms with van der Waals surface area (Å²) in [6.45, 7) is 1.57. The molecule has 24 heavy (non-hydrogen) atoms. The highest BCUT2D eigenvalue weighted by Gasteiger charge is 2.49. The van der Waals surface area contributed by atoms with Gasteiger partial charge < -0.3 is 9.88 Å². The van der Waals surface area contributed by atoms with E-state index in [4.69, 9.17) is 0 Å². The zero-order valence-electron chi connectivity index (χ0n) is 12.5. The Morgan fingerprint density at radius 3 is 2.62 bits per heavy atom. The first-order valence-corrected chi connectivity index (χ1v) is 8.91. The molecule has 0 amide bonds. The van der Waals surface area contributed by atoms with E-state index in [1.54, 1.807) is 6.20 Å². The highest BCUT2D eigenvalue weighted by Crippen LogP contribution is 2.41. The van der Waals surface area contributed by atoms with Gasteiger partial charge in [0, 0.05) is 37.6 Å². The number of nitrogens with zero attached hydrogens (tertiary/aromatic N) is 3. The van der Waals surface area contributed by atoms with E-state index in [-0.39, 0.29) is 16.1 Å². The van der Waals surface area contributed by atoms with E-state index in [1.807, 2.05) is 10.8 Å². The van der Waals surface area contributed by atoms with Gasteiger partial charge in [-0.05, 0) is 18.6 Å². The topological polar surface area (TPSA) is 119 Å². The van der Waals surface area contributed by atoms with Gasteiger partial charge in [0.25, 0.3) is 5.69 Å². The molecule has 4 rings (SSSR count). The first kappa shape index (κ1) is 15.2. The van der Waals surface area contributed by atoms with Crippen LogP contribution >= 0.6 is 0 Å². The van der Waals surface area contributed by atoms with E-state index < -0.39 is 21.0 Å². The average Bonchev–Trinajstić information content (AvgIpc) is 3.09. The van der Waals surface area contributed by atoms with E-state index >= 15 is 0 Å². The molecule has 0 radical (unpaired) electrons. The number of non-ortho nitro benzene ring substituents is 1. The van der Waals surface area contributed by atoms with Crippen LogP contribution in [0.15, 0.2) is 41.6 Å². The lowest BCUT2D eigenvalue weighted by molar-refractivity contribution is -0.384. The number of benzene rings is 1. The van der Waals surface area contributed by atoms with Gasteiger partial charge in [-0.2, -0.15) is 0 Å². The predicted octanol–water partition coefficient (Wildman–Crippen LogP) is 0.513. The Morgan fingerprint density at radius 1 is 1.33 bits per heavy atom. The number of hydrogen-bond donors (Lipinski definition) is 2. The second-order valence-corrected chi connectivity index (χ2v) is 7.83. The molecule has 1 aromatic carbocycles. The molecular weight excluding hydrogens is 334 g/mol. The minimum Gasteiger partial charge on any atom is -0.325 e. The summed E-state index contributed by atoms with van der Waals surface area (Å²) in [5.74, 6) is 0.696. The SMILES string of the molecule is O=[N+]([O-])c1ccc(S(=O)(=O)NC2CC3(CNC3)n3ccnc32)cc1. The Kier molecular flexibility index (Phi) is 3.24. The summed E-state index contributed by atoms with van der Waals surface area (Å²) >= 11 is 0. The average molecular weight is 349 g/mol. The van der Waals surface area contributed by atoms with Gasteiger partial charge in [-0.15, -0.1) is 0 Å². The van der Waals surface area contributed by atoms with Crippen LogP contribution in [0.4, 0.5) is 5.69 Å². The molecule has 1 aromatic heterocycles. The fraction of sp³-hybridized carbons (Fsp3) is 0.357. The second kappa shape index (κ2) is 5.10. The van der Waals surface area contributed by atoms with Gasteiger partial charge in [0.15, 0.2) is 0 Å². The Hall–Kier alpha value is -2.30. The molecule has 2 aliphatic heterocycles. The molecule has 1 saturated heterocycles. The molecule has 0 bridgehead atoms. The fourth-order valence-corrected chi connectivity index (χ4v) is 4.56. The monoisotopic (exact) mass is 349 g/mol. The molecule has 10 heteroatoms. The third-order valence-electron chi connectivity index (χ3n) is 4.64. The number of rotatable bonds is 4. The molecule has 2 aliphatic rings. The first-order chi connectivity index (χ1) is 11.4. The Labute approximate surface area is 137 Å². The summed E-state index contributed by atoms with van der Waals surface area (Å²) in [5.41, 5.74) is -0.265. The molecule has 3 heterocycles. The summed E-state index contributed by atoms with van der Waals surface area (Å²) in [6, 6.07) is 4.43. The largest absolute Gasteiger partial charge is 0.325 e. The van der Waals surface area contributed by atoms with Gasteiger partial charge in [-0.3, -0.25) is 10.1 Å². The number of nitro groups is 1. The van der Waals surface area contributed by atoms with Gasteiger partial charge in [0.05, 0.1) is 21.4 Å². The Morgan fingerprint density at radius 2 is 2.04 bits per heavy atom. The molecule has 1 fully saturated rings. The van der Waals surface area contributed by atoms with Gasteiger partial charge in [0.1, 0.15) is 5.82 Å². The smallest absolute Gasteiger partial charge is 0.269 e. The molecule has 2 aromatic rings. The van der Waals surface area contributed by atoms with Crippen LogP contribution in [0.1, 0.15) is 18.3 Å². The van der Waals surface area contributed by atoms with Gasteiger partial charge in [-0.1, -0.05) is 0 Å². The third kappa shape index (κ3) is 2.22. The lowest BCUT2D eigenvalue weighted by Crippen LogP contribution is -2.59. The molecule has 1 atom stereocenters. The number of nitrogens with one attached hydrogen (secondary N) is 2. The van der Waals surface area contributed by atoms with Crippen molar-refractivity contribution >= 4 is 15.7 Å². The van der Waals surface area contributed by atoms with Gasteiger partial charge in [0.2, 0.25) is 10.0 Å². The first-order valence-electron chi connectivity index (χ1n) is 7.43. The van der Waals surface area contributed by atoms with Gasteiger partial charge >= 0.3 is 0 Å². The highest BCUT2D eigenvalue weighted by atomic mass is 32.2. The molecule has 1 unspecified atom stereocenters. The van der Waals surface area contributed by atoms with Crippen molar-refractivity contribution < 1.29 is 13.3 Å². The number of imidazole rings is 1. The van der Waals surface area contributed by atoms with Crippen LogP contribution in [0.5, 0.6) is 0 Å². The van der Waals surface area contributed by atoms with Crippen molar-refractivity contribution in [1.29, 1.82) is 0 Å². The number of nitro benzene ring substituents is 1. The molecular formula is C14H15N5O4S. The summed E-state index contributed by atoms with van der Waals surface area (Å²) < 4.78 is 29.9. The molecule has 9 nitrogen and oxygen atoms in total. The molecule has 126 valence electrons. The maximum Gasteiger partial charge on any atom is 0.269 e. The van der Waals surface area contributed by atoms with Crippen LogP contribution < -0.4 is 10.0 Å². The summed E-state index contributed by atoms with van der Waals surface area (Å²) in [6.07, 6.45) is 4.17. The maximum atomic E-state index is 12.6. The van der Waals surface area contributed by atoms with E-state index in [2.05, 4.69) is 15.0 Å². The quantitative estimate of drug-likeness (QED) is 0.613. The van der Waals surface area contributed by atoms with E-state index in [9.17, 15) is 18.5 Å². The number of sulfonamides is 1. The van der Waals surface area contributed by atoms with Crippen LogP contribution in [0.2, 0.25) is 0 Å². The van der Waals surface area contributed by atoms with Crippen LogP contribution in [-0.2, 0) is 15.6 Å². The van der Waals surface area contributed by atoms with E-state index in [1.165, 1.54) is 24.3 Å². The third-order valence-corrected chi connectivity index (χ3v) is 6.13. The normalized spacial score (nSPS) is 21.4. The number of hydrogen-bond acceptors (Lipinski definition) is 6. The van der Waals surface area contributed by atoms with Gasteiger partial charge in [-0.25, -0.2) is 18.1 Å². The Bertz CT molecular complexity index is 902. The van der Waals surface area contributed by atoms with Crippen LogP contribution in [0, 0.1) is 10.1 Å². The molecule has 0 aliphatic carbocycles. The molecule has 0 saturated carbocycles. The van der Waals surface area contributed by atoms with Crippen molar-refractivity contribution in [1.82, 2.24) is 19.6 Å². The predicted molar refractivity (Wildman–Crippen MR) is 83.8 cm³/mol. The van der Waals surface area contributed by atoms with Crippen LogP contribution in [0.25, 0.3) is 0 Å². The summed E-state index contributed by atoms with van der Waals surface area (Å²) in [5, 5.41) is 13.9. The van der Waals surface area contributed by atoms with E-state index in [0.29, 0.717) is 12.2 Å². The van der Waals surface area contributed by atoms with Crippen molar-refractivity contribution in [3.63, 3.8) is 0 Å². The summed E-state index contributed by atoms with van der Waals surface area (Å²) in [7, 11) is -3.79. The van der Waals surface area contributed by atoms with E-state index in [0.717, 1.165) is 13.1 Å². The minimum absolute atomic E-state index is 0.00103. The van der Waals surface area contributed by atoms with Crippen molar-refractivity contribution in [2.75, 3.05) is 13.1 Å². The van der Waals surface area contributed by atoms with Crippen LogP contribution in [0.3, 0.4) is 0 Å². The zero-order valence-corrected chi connectivity index (χ0v) is 13.4. The highest BCUT2D eigenvalue weighted by molar-refractivity contribution is 7.89. The second-order valence-electron chi connectivity index (χ2n) is 6.11. The van der Waals surface area contributed by atoms with Crippen molar-refractivity contribution in [2.24, 2.45) is 0 Å². The Balaban J connectivity index is 1.60. The lowest BCUT2D eigenvalue weighted by Gasteiger charge is -2.41. The lowest BCUT2D eigenvalue weighted by atomic mass is 9.89. The van der Waals surface area contributed by atoms with Crippen LogP contribution in [-0.4, -0.2) is 36.0 Å². The number of fused-ring (bicyclic) bond motifs is 2. The fourth-order valence-electron chi connectivity index (χ4n) is 3.37. The maximum absolute atomic E-state index is 12.6. The molecule has 2 N–H and O–H groups in total. The van der Waals surface area contributed by atoms with Crippen molar-refractivity contribution in [3.05, 3.63) is 52.6 Å².